The van der Waals surface area contributed by atoms with Gasteiger partial charge in [0.05, 0.1) is 19.8 Å². The van der Waals surface area contributed by atoms with Crippen molar-refractivity contribution in [3.8, 4) is 11.5 Å². The van der Waals surface area contributed by atoms with Crippen molar-refractivity contribution in [2.75, 3.05) is 19.5 Å². The summed E-state index contributed by atoms with van der Waals surface area (Å²) in [7, 11) is 4.90. The van der Waals surface area contributed by atoms with Crippen molar-refractivity contribution >= 4 is 35.1 Å². The second kappa shape index (κ2) is 9.26. The molecule has 1 aliphatic heterocycles. The maximum absolute atomic E-state index is 13.1. The first-order valence-corrected chi connectivity index (χ1v) is 11.3. The van der Waals surface area contributed by atoms with Crippen LogP contribution < -0.4 is 20.3 Å². The van der Waals surface area contributed by atoms with Gasteiger partial charge in [-0.25, -0.2) is 0 Å². The zero-order chi connectivity index (χ0) is 22.8. The molecule has 4 rings (SSSR count). The molecule has 1 aliphatic rings. The van der Waals surface area contributed by atoms with Crippen LogP contribution in [0.1, 0.15) is 29.0 Å². The van der Waals surface area contributed by atoms with Crippen LogP contribution in [0, 0.1) is 0 Å². The van der Waals surface area contributed by atoms with Crippen molar-refractivity contribution in [1.29, 1.82) is 0 Å². The van der Waals surface area contributed by atoms with Gasteiger partial charge in [-0.3, -0.25) is 9.59 Å². The lowest BCUT2D eigenvalue weighted by Crippen LogP contribution is -2.33. The van der Waals surface area contributed by atoms with Gasteiger partial charge in [-0.1, -0.05) is 47.6 Å². The molecule has 0 bridgehead atoms. The van der Waals surface area contributed by atoms with Gasteiger partial charge in [-0.2, -0.15) is 4.98 Å². The Labute approximate surface area is 194 Å². The van der Waals surface area contributed by atoms with Crippen molar-refractivity contribution in [3.05, 3.63) is 74.5 Å². The summed E-state index contributed by atoms with van der Waals surface area (Å²) in [5.41, 5.74) is 1.75. The first-order chi connectivity index (χ1) is 15.4. The third kappa shape index (κ3) is 4.20. The molecule has 2 heterocycles. The van der Waals surface area contributed by atoms with E-state index in [1.54, 1.807) is 38.0 Å². The molecule has 0 spiro atoms. The molecule has 1 N–H and O–H groups in total. The number of carbonyl (C=O) groups is 1. The van der Waals surface area contributed by atoms with Crippen molar-refractivity contribution in [2.24, 2.45) is 7.05 Å². The van der Waals surface area contributed by atoms with Crippen LogP contribution in [0.4, 0.5) is 5.82 Å². The summed E-state index contributed by atoms with van der Waals surface area (Å²) in [6, 6.07) is 12.9. The molecular formula is C23H22ClN3O4S. The van der Waals surface area contributed by atoms with E-state index in [1.807, 2.05) is 30.3 Å². The molecule has 0 aliphatic carbocycles. The van der Waals surface area contributed by atoms with Gasteiger partial charge in [0.25, 0.3) is 5.56 Å². The number of thioether (sulfide) groups is 1. The van der Waals surface area contributed by atoms with E-state index in [0.717, 1.165) is 11.1 Å². The molecule has 7 nitrogen and oxygen atoms in total. The predicted octanol–water partition coefficient (Wildman–Crippen LogP) is 4.22. The first kappa shape index (κ1) is 22.2. The average molecular weight is 472 g/mol. The van der Waals surface area contributed by atoms with Crippen molar-refractivity contribution in [1.82, 2.24) is 9.55 Å². The quantitative estimate of drug-likeness (QED) is 0.428. The summed E-state index contributed by atoms with van der Waals surface area (Å²) in [4.78, 5) is 30.1. The Hall–Kier alpha value is -2.97. The van der Waals surface area contributed by atoms with E-state index in [0.29, 0.717) is 38.8 Å². The van der Waals surface area contributed by atoms with Gasteiger partial charge in [0, 0.05) is 41.8 Å². The van der Waals surface area contributed by atoms with Gasteiger partial charge in [0.2, 0.25) is 5.91 Å². The maximum atomic E-state index is 13.1. The van der Waals surface area contributed by atoms with Crippen LogP contribution in [0.2, 0.25) is 5.02 Å². The highest BCUT2D eigenvalue weighted by atomic mass is 35.5. The molecule has 166 valence electrons. The molecule has 1 unspecified atom stereocenters. The SMILES string of the molecule is COc1ccc(C2CC(=O)Nc3c2c(=O)nc(SCc2ccccc2Cl)n3C)c(OC)c1. The smallest absolute Gasteiger partial charge is 0.279 e. The number of anilines is 1. The number of aromatic nitrogens is 2. The Kier molecular flexibility index (Phi) is 6.43. The van der Waals surface area contributed by atoms with Crippen LogP contribution in [0.5, 0.6) is 11.5 Å². The average Bonchev–Trinajstić information content (AvgIpc) is 2.80. The summed E-state index contributed by atoms with van der Waals surface area (Å²) in [6.07, 6.45) is 0.124. The molecule has 0 saturated heterocycles. The topological polar surface area (TPSA) is 82.5 Å². The van der Waals surface area contributed by atoms with Crippen molar-refractivity contribution < 1.29 is 14.3 Å². The normalized spacial score (nSPS) is 15.1. The van der Waals surface area contributed by atoms with Crippen LogP contribution in [0.25, 0.3) is 0 Å². The molecule has 9 heteroatoms. The number of carbonyl (C=O) groups excluding carboxylic acids is 1. The van der Waals surface area contributed by atoms with Gasteiger partial charge < -0.3 is 19.4 Å². The fourth-order valence-electron chi connectivity index (χ4n) is 3.79. The number of methoxy groups -OCH3 is 2. The standard InChI is InChI=1S/C23H22ClN3O4S/c1-27-21-20(22(29)26-23(27)32-12-13-6-4-5-7-17(13)24)16(11-19(28)25-21)15-9-8-14(30-2)10-18(15)31-3/h4-10,16H,11-12H2,1-3H3,(H,25,28). The number of amides is 1. The Balaban J connectivity index is 1.75. The molecule has 0 saturated carbocycles. The number of ether oxygens (including phenoxy) is 2. The van der Waals surface area contributed by atoms with E-state index in [9.17, 15) is 9.59 Å². The van der Waals surface area contributed by atoms with Crippen LogP contribution in [-0.2, 0) is 17.6 Å². The van der Waals surface area contributed by atoms with E-state index in [1.165, 1.54) is 11.8 Å². The molecule has 1 atom stereocenters. The monoisotopic (exact) mass is 471 g/mol. The van der Waals surface area contributed by atoms with E-state index >= 15 is 0 Å². The molecule has 0 radical (unpaired) electrons. The molecule has 2 aromatic carbocycles. The lowest BCUT2D eigenvalue weighted by Gasteiger charge is -2.28. The summed E-state index contributed by atoms with van der Waals surface area (Å²) in [6.45, 7) is 0. The van der Waals surface area contributed by atoms with Crippen LogP contribution in [-0.4, -0.2) is 29.7 Å². The number of hydrogen-bond acceptors (Lipinski definition) is 6. The number of fused-ring (bicyclic) bond motifs is 1. The minimum Gasteiger partial charge on any atom is -0.497 e. The minimum absolute atomic E-state index is 0.124. The fourth-order valence-corrected chi connectivity index (χ4v) is 5.04. The number of nitrogens with one attached hydrogen (secondary N) is 1. The lowest BCUT2D eigenvalue weighted by atomic mass is 9.86. The maximum Gasteiger partial charge on any atom is 0.279 e. The third-order valence-electron chi connectivity index (χ3n) is 5.43. The van der Waals surface area contributed by atoms with E-state index in [-0.39, 0.29) is 17.9 Å². The van der Waals surface area contributed by atoms with E-state index < -0.39 is 5.92 Å². The van der Waals surface area contributed by atoms with Crippen LogP contribution in [0.3, 0.4) is 0 Å². The summed E-state index contributed by atoms with van der Waals surface area (Å²) < 4.78 is 12.5. The lowest BCUT2D eigenvalue weighted by molar-refractivity contribution is -0.116. The Morgan fingerprint density at radius 2 is 1.97 bits per heavy atom. The van der Waals surface area contributed by atoms with E-state index in [2.05, 4.69) is 10.3 Å². The molecule has 32 heavy (non-hydrogen) atoms. The molecule has 1 aromatic heterocycles. The Morgan fingerprint density at radius 1 is 1.19 bits per heavy atom. The molecule has 1 amide bonds. The number of rotatable bonds is 6. The Morgan fingerprint density at radius 3 is 2.69 bits per heavy atom. The van der Waals surface area contributed by atoms with Crippen molar-refractivity contribution in [3.63, 3.8) is 0 Å². The molecular weight excluding hydrogens is 450 g/mol. The fraction of sp³-hybridized carbons (Fsp3) is 0.261. The second-order valence-corrected chi connectivity index (χ2v) is 8.66. The number of halogens is 1. The highest BCUT2D eigenvalue weighted by molar-refractivity contribution is 7.98. The van der Waals surface area contributed by atoms with Crippen LogP contribution in [0.15, 0.2) is 52.4 Å². The largest absolute Gasteiger partial charge is 0.497 e. The van der Waals surface area contributed by atoms with Gasteiger partial charge in [-0.15, -0.1) is 0 Å². The van der Waals surface area contributed by atoms with Gasteiger partial charge in [0.1, 0.15) is 17.3 Å². The van der Waals surface area contributed by atoms with Gasteiger partial charge in [-0.05, 0) is 17.7 Å². The summed E-state index contributed by atoms with van der Waals surface area (Å²) >= 11 is 7.64. The number of benzene rings is 2. The highest BCUT2D eigenvalue weighted by Gasteiger charge is 2.33. The third-order valence-corrected chi connectivity index (χ3v) is 6.88. The Bertz CT molecular complexity index is 1240. The molecule has 0 fully saturated rings. The zero-order valence-electron chi connectivity index (χ0n) is 17.8. The number of hydrogen-bond donors (Lipinski definition) is 1. The zero-order valence-corrected chi connectivity index (χ0v) is 19.4. The van der Waals surface area contributed by atoms with Gasteiger partial charge >= 0.3 is 0 Å². The summed E-state index contributed by atoms with van der Waals surface area (Å²) in [5.74, 6) is 1.52. The predicted molar refractivity (Wildman–Crippen MR) is 125 cm³/mol. The first-order valence-electron chi connectivity index (χ1n) is 9.91. The van der Waals surface area contributed by atoms with Crippen LogP contribution >= 0.6 is 23.4 Å². The second-order valence-electron chi connectivity index (χ2n) is 7.31. The minimum atomic E-state index is -0.478. The highest BCUT2D eigenvalue weighted by Crippen LogP contribution is 2.41. The van der Waals surface area contributed by atoms with E-state index in [4.69, 9.17) is 21.1 Å². The van der Waals surface area contributed by atoms with Crippen molar-refractivity contribution in [2.45, 2.75) is 23.2 Å². The number of nitrogens with zero attached hydrogens (tertiary/aromatic N) is 2. The molecule has 3 aromatic rings. The van der Waals surface area contributed by atoms with Gasteiger partial charge in [0.15, 0.2) is 5.16 Å². The summed E-state index contributed by atoms with van der Waals surface area (Å²) in [5, 5.41) is 4.01.